The van der Waals surface area contributed by atoms with Crippen LogP contribution in [0.1, 0.15) is 24.0 Å². The molecule has 0 saturated heterocycles. The molecule has 11 heteroatoms. The molecule has 1 fully saturated rings. The molecule has 1 unspecified atom stereocenters. The number of halogens is 4. The molecule has 1 aliphatic carbocycles. The van der Waals surface area contributed by atoms with Gasteiger partial charge < -0.3 is 16.4 Å². The largest absolute Gasteiger partial charge is 0.427 e. The van der Waals surface area contributed by atoms with E-state index in [0.29, 0.717) is 5.56 Å². The molecule has 7 nitrogen and oxygen atoms in total. The maximum atomic E-state index is 14.1. The summed E-state index contributed by atoms with van der Waals surface area (Å²) < 4.78 is 43.6. The predicted molar refractivity (Wildman–Crippen MR) is 104 cm³/mol. The zero-order chi connectivity index (χ0) is 21.7. The highest BCUT2D eigenvalue weighted by Gasteiger charge is 2.59. The van der Waals surface area contributed by atoms with Crippen LogP contribution in [0.25, 0.3) is 0 Å². The van der Waals surface area contributed by atoms with Gasteiger partial charge in [-0.05, 0) is 30.5 Å². The Balaban J connectivity index is 1.82. The number of nitrogen functional groups attached to an aromatic ring is 1. The SMILES string of the molecule is Nc1cc(=O)n(Cc2cc3c(cc2Cl)C(C#CC2CC2)(C(F)(F)F)NC(=O)N3)cn1. The summed E-state index contributed by atoms with van der Waals surface area (Å²) in [5.74, 6) is 4.78. The number of hydrogen-bond donors (Lipinski definition) is 3. The lowest BCUT2D eigenvalue weighted by molar-refractivity contribution is -0.178. The highest BCUT2D eigenvalue weighted by atomic mass is 35.5. The van der Waals surface area contributed by atoms with E-state index in [2.05, 4.69) is 22.1 Å². The molecule has 1 saturated carbocycles. The lowest BCUT2D eigenvalue weighted by Crippen LogP contribution is -2.59. The number of amides is 2. The van der Waals surface area contributed by atoms with E-state index in [1.54, 1.807) is 0 Å². The highest BCUT2D eigenvalue weighted by molar-refractivity contribution is 6.31. The van der Waals surface area contributed by atoms with Crippen molar-refractivity contribution < 1.29 is 18.0 Å². The Kier molecular flexibility index (Phi) is 4.66. The summed E-state index contributed by atoms with van der Waals surface area (Å²) in [5, 5.41) is 4.29. The van der Waals surface area contributed by atoms with Crippen molar-refractivity contribution in [2.24, 2.45) is 5.92 Å². The van der Waals surface area contributed by atoms with Gasteiger partial charge >= 0.3 is 12.2 Å². The van der Waals surface area contributed by atoms with Gasteiger partial charge in [0.25, 0.3) is 5.56 Å². The minimum Gasteiger partial charge on any atom is -0.383 e. The number of anilines is 2. The lowest BCUT2D eigenvalue weighted by Gasteiger charge is -2.37. The number of benzene rings is 1. The van der Waals surface area contributed by atoms with Crippen molar-refractivity contribution in [3.63, 3.8) is 0 Å². The third-order valence-electron chi connectivity index (χ3n) is 4.85. The van der Waals surface area contributed by atoms with Gasteiger partial charge in [0.1, 0.15) is 12.1 Å². The van der Waals surface area contributed by atoms with Crippen molar-refractivity contribution in [2.75, 3.05) is 11.1 Å². The van der Waals surface area contributed by atoms with Crippen LogP contribution in [-0.4, -0.2) is 21.8 Å². The van der Waals surface area contributed by atoms with Crippen LogP contribution < -0.4 is 21.9 Å². The second kappa shape index (κ2) is 6.95. The molecule has 1 aliphatic heterocycles. The van der Waals surface area contributed by atoms with Gasteiger partial charge in [-0.2, -0.15) is 13.2 Å². The fourth-order valence-electron chi connectivity index (χ4n) is 3.12. The summed E-state index contributed by atoms with van der Waals surface area (Å²) in [6.07, 6.45) is -2.23. The number of carbonyl (C=O) groups excluding carboxylic acids is 1. The van der Waals surface area contributed by atoms with Gasteiger partial charge in [0.2, 0.25) is 5.54 Å². The van der Waals surface area contributed by atoms with E-state index in [1.807, 2.05) is 5.32 Å². The Hall–Kier alpha value is -3.19. The second-order valence-corrected chi connectivity index (χ2v) is 7.55. The topological polar surface area (TPSA) is 102 Å². The van der Waals surface area contributed by atoms with Crippen molar-refractivity contribution in [1.29, 1.82) is 0 Å². The number of nitrogens with two attached hydrogens (primary N) is 1. The summed E-state index contributed by atoms with van der Waals surface area (Å²) in [6, 6.07) is 2.49. The maximum Gasteiger partial charge on any atom is 0.427 e. The third kappa shape index (κ3) is 3.57. The quantitative estimate of drug-likeness (QED) is 0.629. The van der Waals surface area contributed by atoms with Gasteiger partial charge in [0.05, 0.1) is 6.54 Å². The molecule has 0 radical (unpaired) electrons. The van der Waals surface area contributed by atoms with Crippen molar-refractivity contribution in [1.82, 2.24) is 14.9 Å². The van der Waals surface area contributed by atoms with Crippen LogP contribution >= 0.6 is 11.6 Å². The number of nitrogens with zero attached hydrogens (tertiary/aromatic N) is 2. The molecule has 1 atom stereocenters. The van der Waals surface area contributed by atoms with Gasteiger partial charge in [-0.25, -0.2) is 9.78 Å². The zero-order valence-corrected chi connectivity index (χ0v) is 16.1. The summed E-state index contributed by atoms with van der Waals surface area (Å²) >= 11 is 6.27. The van der Waals surface area contributed by atoms with E-state index in [-0.39, 0.29) is 34.6 Å². The van der Waals surface area contributed by atoms with Gasteiger partial charge in [0, 0.05) is 28.3 Å². The highest BCUT2D eigenvalue weighted by Crippen LogP contribution is 2.45. The van der Waals surface area contributed by atoms with E-state index in [1.165, 1.54) is 17.0 Å². The Morgan fingerprint density at radius 2 is 2.03 bits per heavy atom. The van der Waals surface area contributed by atoms with Crippen LogP contribution in [0, 0.1) is 17.8 Å². The fraction of sp³-hybridized carbons (Fsp3) is 0.316. The first-order valence-corrected chi connectivity index (χ1v) is 9.30. The Morgan fingerprint density at radius 3 is 2.67 bits per heavy atom. The molecule has 2 amide bonds. The molecule has 4 N–H and O–H groups in total. The lowest BCUT2D eigenvalue weighted by atomic mass is 9.85. The number of hydrogen-bond acceptors (Lipinski definition) is 4. The normalized spacial score (nSPS) is 20.5. The molecule has 0 spiro atoms. The van der Waals surface area contributed by atoms with Gasteiger partial charge in [-0.1, -0.05) is 23.4 Å². The number of alkyl halides is 3. The smallest absolute Gasteiger partial charge is 0.383 e. The van der Waals surface area contributed by atoms with E-state index in [0.717, 1.165) is 25.0 Å². The summed E-state index contributed by atoms with van der Waals surface area (Å²) in [6.45, 7) is -0.0751. The van der Waals surface area contributed by atoms with Gasteiger partial charge in [-0.15, -0.1) is 0 Å². The number of nitrogens with one attached hydrogen (secondary N) is 2. The standard InChI is InChI=1S/C19H15ClF3N5O2/c20-13-6-12-14(5-11(13)8-28-9-25-15(24)7-16(28)29)26-17(30)27-18(12,19(21,22)23)4-3-10-1-2-10/h5-7,9-10H,1-2,8,24H2,(H2,26,27,30). The Morgan fingerprint density at radius 1 is 1.30 bits per heavy atom. The Labute approximate surface area is 173 Å². The van der Waals surface area contributed by atoms with Crippen molar-refractivity contribution in [3.05, 3.63) is 51.0 Å². The number of fused-ring (bicyclic) bond motifs is 1. The molecule has 1 aromatic heterocycles. The summed E-state index contributed by atoms with van der Waals surface area (Å²) in [5.41, 5.74) is 2.05. The molecule has 156 valence electrons. The van der Waals surface area contributed by atoms with Crippen LogP contribution in [0.15, 0.2) is 29.3 Å². The molecular weight excluding hydrogens is 423 g/mol. The fourth-order valence-corrected chi connectivity index (χ4v) is 3.34. The number of carbonyl (C=O) groups is 1. The average Bonchev–Trinajstić information content (AvgIpc) is 3.46. The number of rotatable bonds is 2. The molecule has 2 heterocycles. The van der Waals surface area contributed by atoms with E-state index >= 15 is 0 Å². The molecular formula is C19H15ClF3N5O2. The van der Waals surface area contributed by atoms with Crippen molar-refractivity contribution >= 4 is 29.1 Å². The molecule has 2 aliphatic rings. The molecule has 30 heavy (non-hydrogen) atoms. The minimum absolute atomic E-state index is 0.0164. The molecule has 2 aromatic rings. The van der Waals surface area contributed by atoms with Crippen LogP contribution in [0.3, 0.4) is 0 Å². The molecule has 0 bridgehead atoms. The zero-order valence-electron chi connectivity index (χ0n) is 15.3. The van der Waals surface area contributed by atoms with Gasteiger partial charge in [0.15, 0.2) is 0 Å². The van der Waals surface area contributed by atoms with E-state index in [4.69, 9.17) is 17.3 Å². The molecule has 1 aromatic carbocycles. The first kappa shape index (κ1) is 20.1. The van der Waals surface area contributed by atoms with Crippen molar-refractivity contribution in [3.8, 4) is 11.8 Å². The van der Waals surface area contributed by atoms with Gasteiger partial charge in [-0.3, -0.25) is 9.36 Å². The minimum atomic E-state index is -4.88. The first-order valence-electron chi connectivity index (χ1n) is 8.92. The second-order valence-electron chi connectivity index (χ2n) is 7.14. The Bertz CT molecular complexity index is 1160. The third-order valence-corrected chi connectivity index (χ3v) is 5.20. The average molecular weight is 438 g/mol. The number of aromatic nitrogens is 2. The van der Waals surface area contributed by atoms with Crippen LogP contribution in [0.4, 0.5) is 29.5 Å². The number of urea groups is 1. The van der Waals surface area contributed by atoms with Crippen LogP contribution in [0.5, 0.6) is 0 Å². The summed E-state index contributed by atoms with van der Waals surface area (Å²) in [4.78, 5) is 27.9. The maximum absolute atomic E-state index is 14.1. The van der Waals surface area contributed by atoms with Crippen LogP contribution in [0.2, 0.25) is 5.02 Å². The van der Waals surface area contributed by atoms with E-state index in [9.17, 15) is 22.8 Å². The summed E-state index contributed by atoms with van der Waals surface area (Å²) in [7, 11) is 0. The monoisotopic (exact) mass is 437 g/mol. The van der Waals surface area contributed by atoms with Crippen LogP contribution in [-0.2, 0) is 12.1 Å². The molecule has 4 rings (SSSR count). The van der Waals surface area contributed by atoms with Crippen molar-refractivity contribution in [2.45, 2.75) is 31.1 Å². The van der Waals surface area contributed by atoms with E-state index < -0.39 is 23.3 Å². The first-order chi connectivity index (χ1) is 14.1. The predicted octanol–water partition coefficient (Wildman–Crippen LogP) is 2.83.